The Kier molecular flexibility index (Phi) is 4.28. The van der Waals surface area contributed by atoms with Crippen molar-refractivity contribution in [2.24, 2.45) is 0 Å². The van der Waals surface area contributed by atoms with Gasteiger partial charge in [-0.1, -0.05) is 11.8 Å². The number of pyridine rings is 1. The molecule has 0 fully saturated rings. The monoisotopic (exact) mass is 209 g/mol. The van der Waals surface area contributed by atoms with E-state index in [0.717, 1.165) is 11.3 Å². The molecule has 0 unspecified atom stereocenters. The van der Waals surface area contributed by atoms with E-state index in [2.05, 4.69) is 16.8 Å². The molecule has 0 amide bonds. The van der Waals surface area contributed by atoms with E-state index in [-0.39, 0.29) is 6.10 Å². The van der Waals surface area contributed by atoms with Gasteiger partial charge in [0.15, 0.2) is 0 Å². The number of ether oxygens (including phenoxy) is 1. The van der Waals surface area contributed by atoms with E-state index < -0.39 is 0 Å². The van der Waals surface area contributed by atoms with Gasteiger partial charge in [-0.2, -0.15) is 0 Å². The average Bonchev–Trinajstić information content (AvgIpc) is 2.14. The number of hydrogen-bond acceptors (Lipinski definition) is 2. The Labute approximate surface area is 89.3 Å². The summed E-state index contributed by atoms with van der Waals surface area (Å²) in [4.78, 5) is 4.02. The van der Waals surface area contributed by atoms with Gasteiger partial charge in [-0.05, 0) is 19.9 Å². The maximum Gasteiger partial charge on any atom is 0.139 e. The molecule has 2 nitrogen and oxygen atoms in total. The van der Waals surface area contributed by atoms with E-state index in [1.807, 2.05) is 19.9 Å². The van der Waals surface area contributed by atoms with Crippen LogP contribution in [0.15, 0.2) is 18.5 Å². The first-order chi connectivity index (χ1) is 6.72. The van der Waals surface area contributed by atoms with Gasteiger partial charge in [0.25, 0.3) is 0 Å². The summed E-state index contributed by atoms with van der Waals surface area (Å²) in [6, 6.07) is 1.85. The molecule has 0 aliphatic rings. The fourth-order valence-electron chi connectivity index (χ4n) is 0.959. The van der Waals surface area contributed by atoms with E-state index in [0.29, 0.717) is 5.88 Å². The SMILES string of the molecule is CC(C)Oc1cncc(C#CCCl)c1. The number of halogens is 1. The molecule has 1 aromatic heterocycles. The summed E-state index contributed by atoms with van der Waals surface area (Å²) in [7, 11) is 0. The van der Waals surface area contributed by atoms with E-state index in [4.69, 9.17) is 16.3 Å². The molecule has 0 N–H and O–H groups in total. The Bertz CT molecular complexity index is 352. The lowest BCUT2D eigenvalue weighted by Crippen LogP contribution is -2.05. The van der Waals surface area contributed by atoms with E-state index >= 15 is 0 Å². The minimum atomic E-state index is 0.146. The van der Waals surface area contributed by atoms with Crippen molar-refractivity contribution in [1.82, 2.24) is 4.98 Å². The van der Waals surface area contributed by atoms with Crippen LogP contribution in [-0.2, 0) is 0 Å². The first-order valence-corrected chi connectivity index (χ1v) is 4.92. The van der Waals surface area contributed by atoms with Gasteiger partial charge in [-0.25, -0.2) is 0 Å². The standard InChI is InChI=1S/C11H12ClNO/c1-9(2)14-11-6-10(4-3-5-12)7-13-8-11/h6-9H,5H2,1-2H3. The second-order valence-corrected chi connectivity index (χ2v) is 3.28. The van der Waals surface area contributed by atoms with Crippen LogP contribution in [0.5, 0.6) is 5.75 Å². The van der Waals surface area contributed by atoms with Crippen molar-refractivity contribution in [3.63, 3.8) is 0 Å². The van der Waals surface area contributed by atoms with Gasteiger partial charge in [-0.15, -0.1) is 11.6 Å². The van der Waals surface area contributed by atoms with Crippen LogP contribution in [0.25, 0.3) is 0 Å². The number of rotatable bonds is 2. The average molecular weight is 210 g/mol. The Morgan fingerprint density at radius 1 is 1.50 bits per heavy atom. The van der Waals surface area contributed by atoms with Crippen molar-refractivity contribution in [2.45, 2.75) is 20.0 Å². The topological polar surface area (TPSA) is 22.1 Å². The lowest BCUT2D eigenvalue weighted by Gasteiger charge is -2.08. The summed E-state index contributed by atoms with van der Waals surface area (Å²) < 4.78 is 5.47. The summed E-state index contributed by atoms with van der Waals surface area (Å²) in [5.74, 6) is 6.71. The van der Waals surface area contributed by atoms with Crippen LogP contribution in [-0.4, -0.2) is 17.0 Å². The minimum absolute atomic E-state index is 0.146. The van der Waals surface area contributed by atoms with E-state index in [9.17, 15) is 0 Å². The quantitative estimate of drug-likeness (QED) is 0.552. The number of nitrogens with zero attached hydrogens (tertiary/aromatic N) is 1. The van der Waals surface area contributed by atoms with Gasteiger partial charge in [-0.3, -0.25) is 4.98 Å². The highest BCUT2D eigenvalue weighted by atomic mass is 35.5. The Hall–Kier alpha value is -1.20. The Morgan fingerprint density at radius 3 is 2.93 bits per heavy atom. The molecule has 0 saturated heterocycles. The molecule has 0 aromatic carbocycles. The van der Waals surface area contributed by atoms with Crippen LogP contribution < -0.4 is 4.74 Å². The molecule has 1 rings (SSSR count). The molecule has 0 spiro atoms. The molecule has 3 heteroatoms. The van der Waals surface area contributed by atoms with Crippen LogP contribution in [0.4, 0.5) is 0 Å². The molecule has 74 valence electrons. The summed E-state index contributed by atoms with van der Waals surface area (Å²) >= 11 is 5.45. The van der Waals surface area contributed by atoms with Crippen LogP contribution >= 0.6 is 11.6 Å². The maximum atomic E-state index is 5.47. The Balaban J connectivity index is 2.78. The minimum Gasteiger partial charge on any atom is -0.489 e. The van der Waals surface area contributed by atoms with Gasteiger partial charge in [0.1, 0.15) is 5.75 Å². The molecular formula is C11H12ClNO. The second kappa shape index (κ2) is 5.51. The highest BCUT2D eigenvalue weighted by Crippen LogP contribution is 2.11. The summed E-state index contributed by atoms with van der Waals surface area (Å²) in [5, 5.41) is 0. The van der Waals surface area contributed by atoms with Crippen molar-refractivity contribution in [2.75, 3.05) is 5.88 Å². The van der Waals surface area contributed by atoms with Gasteiger partial charge < -0.3 is 4.74 Å². The van der Waals surface area contributed by atoms with Gasteiger partial charge >= 0.3 is 0 Å². The van der Waals surface area contributed by atoms with E-state index in [1.54, 1.807) is 12.4 Å². The van der Waals surface area contributed by atoms with Crippen molar-refractivity contribution in [3.8, 4) is 17.6 Å². The first kappa shape index (κ1) is 10.9. The van der Waals surface area contributed by atoms with Crippen LogP contribution in [0.2, 0.25) is 0 Å². The lowest BCUT2D eigenvalue weighted by molar-refractivity contribution is 0.241. The predicted octanol–water partition coefficient (Wildman–Crippen LogP) is 2.46. The van der Waals surface area contributed by atoms with Crippen LogP contribution in [0.3, 0.4) is 0 Å². The van der Waals surface area contributed by atoms with E-state index in [1.165, 1.54) is 0 Å². The second-order valence-electron chi connectivity index (χ2n) is 3.01. The maximum absolute atomic E-state index is 5.47. The zero-order valence-electron chi connectivity index (χ0n) is 8.25. The lowest BCUT2D eigenvalue weighted by atomic mass is 10.3. The van der Waals surface area contributed by atoms with Crippen molar-refractivity contribution in [3.05, 3.63) is 24.0 Å². The molecular weight excluding hydrogens is 198 g/mol. The zero-order valence-corrected chi connectivity index (χ0v) is 9.01. The van der Waals surface area contributed by atoms with Gasteiger partial charge in [0.05, 0.1) is 18.2 Å². The van der Waals surface area contributed by atoms with Crippen molar-refractivity contribution in [1.29, 1.82) is 0 Å². The number of alkyl halides is 1. The highest BCUT2D eigenvalue weighted by molar-refractivity contribution is 6.19. The van der Waals surface area contributed by atoms with Crippen molar-refractivity contribution < 1.29 is 4.74 Å². The molecule has 0 radical (unpaired) electrons. The highest BCUT2D eigenvalue weighted by Gasteiger charge is 1.97. The Morgan fingerprint density at radius 2 is 2.29 bits per heavy atom. The fraction of sp³-hybridized carbons (Fsp3) is 0.364. The normalized spacial score (nSPS) is 9.43. The predicted molar refractivity (Wildman–Crippen MR) is 57.6 cm³/mol. The summed E-state index contributed by atoms with van der Waals surface area (Å²) in [5.41, 5.74) is 0.823. The molecule has 0 aliphatic carbocycles. The third-order valence-corrected chi connectivity index (χ3v) is 1.52. The molecule has 14 heavy (non-hydrogen) atoms. The zero-order chi connectivity index (χ0) is 10.4. The summed E-state index contributed by atoms with van der Waals surface area (Å²) in [6.07, 6.45) is 3.51. The molecule has 0 bridgehead atoms. The summed E-state index contributed by atoms with van der Waals surface area (Å²) in [6.45, 7) is 3.94. The van der Waals surface area contributed by atoms with Gasteiger partial charge in [0.2, 0.25) is 0 Å². The molecule has 1 heterocycles. The fourth-order valence-corrected chi connectivity index (χ4v) is 1.03. The first-order valence-electron chi connectivity index (χ1n) is 4.39. The third-order valence-electron chi connectivity index (χ3n) is 1.38. The number of hydrogen-bond donors (Lipinski definition) is 0. The van der Waals surface area contributed by atoms with Crippen molar-refractivity contribution >= 4 is 11.6 Å². The third kappa shape index (κ3) is 3.68. The van der Waals surface area contributed by atoms with Gasteiger partial charge in [0, 0.05) is 11.8 Å². The largest absolute Gasteiger partial charge is 0.489 e. The molecule has 1 aromatic rings. The molecule has 0 saturated carbocycles. The molecule has 0 atom stereocenters. The number of aromatic nitrogens is 1. The smallest absolute Gasteiger partial charge is 0.139 e. The van der Waals surface area contributed by atoms with Crippen LogP contribution in [0, 0.1) is 11.8 Å². The van der Waals surface area contributed by atoms with Crippen LogP contribution in [0.1, 0.15) is 19.4 Å². The molecule has 0 aliphatic heterocycles.